The molecule has 0 spiro atoms. The molecular weight excluding hydrogens is 164 g/mol. The predicted molar refractivity (Wildman–Crippen MR) is 37.4 cm³/mol. The van der Waals surface area contributed by atoms with E-state index in [1.165, 1.54) is 0 Å². The SMILES string of the molecule is Cc1n(CCO)cc[n+]1C.[Cl-]. The second-order valence-electron chi connectivity index (χ2n) is 2.37. The number of imidazole rings is 1. The lowest BCUT2D eigenvalue weighted by molar-refractivity contribution is -0.677. The highest BCUT2D eigenvalue weighted by Gasteiger charge is 2.05. The number of nitrogens with zero attached hydrogens (tertiary/aromatic N) is 2. The Morgan fingerprint density at radius 2 is 2.27 bits per heavy atom. The molecule has 0 fully saturated rings. The molecule has 3 nitrogen and oxygen atoms in total. The fourth-order valence-electron chi connectivity index (χ4n) is 0.943. The second-order valence-corrected chi connectivity index (χ2v) is 2.37. The molecule has 1 aromatic heterocycles. The summed E-state index contributed by atoms with van der Waals surface area (Å²) in [5.74, 6) is 1.16. The molecule has 0 radical (unpaired) electrons. The average molecular weight is 177 g/mol. The van der Waals surface area contributed by atoms with Gasteiger partial charge in [0.15, 0.2) is 0 Å². The van der Waals surface area contributed by atoms with Crippen molar-refractivity contribution < 1.29 is 22.1 Å². The summed E-state index contributed by atoms with van der Waals surface area (Å²) >= 11 is 0. The minimum atomic E-state index is 0. The van der Waals surface area contributed by atoms with Crippen LogP contribution in [0.2, 0.25) is 0 Å². The number of aliphatic hydroxyl groups is 1. The Hall–Kier alpha value is -0.540. The van der Waals surface area contributed by atoms with Crippen LogP contribution in [0.15, 0.2) is 12.4 Å². The Labute approximate surface area is 72.7 Å². The van der Waals surface area contributed by atoms with Crippen LogP contribution in [0.5, 0.6) is 0 Å². The van der Waals surface area contributed by atoms with Gasteiger partial charge in [0.1, 0.15) is 18.9 Å². The third kappa shape index (κ3) is 2.20. The standard InChI is InChI=1S/C7H13N2O.ClH/c1-7-8(2)3-4-9(7)5-6-10;/h3-4,10H,5-6H2,1-2H3;1H/q+1;/p-1. The van der Waals surface area contributed by atoms with Crippen molar-refractivity contribution in [1.29, 1.82) is 0 Å². The first-order chi connectivity index (χ1) is 4.75. The normalized spacial score (nSPS) is 9.36. The highest BCUT2D eigenvalue weighted by atomic mass is 35.5. The number of hydrogen-bond donors (Lipinski definition) is 1. The topological polar surface area (TPSA) is 29.0 Å². The summed E-state index contributed by atoms with van der Waals surface area (Å²) < 4.78 is 4.04. The van der Waals surface area contributed by atoms with E-state index in [1.807, 2.05) is 35.5 Å². The Kier molecular flexibility index (Phi) is 4.15. The largest absolute Gasteiger partial charge is 1.00 e. The zero-order valence-electron chi connectivity index (χ0n) is 6.79. The summed E-state index contributed by atoms with van der Waals surface area (Å²) in [4.78, 5) is 0. The van der Waals surface area contributed by atoms with Gasteiger partial charge in [-0.15, -0.1) is 0 Å². The van der Waals surface area contributed by atoms with Crippen LogP contribution >= 0.6 is 0 Å². The molecule has 0 saturated carbocycles. The second kappa shape index (κ2) is 4.36. The zero-order chi connectivity index (χ0) is 7.56. The van der Waals surface area contributed by atoms with Crippen molar-refractivity contribution >= 4 is 0 Å². The van der Waals surface area contributed by atoms with Crippen LogP contribution < -0.4 is 17.0 Å². The van der Waals surface area contributed by atoms with Crippen molar-refractivity contribution in [2.24, 2.45) is 7.05 Å². The van der Waals surface area contributed by atoms with E-state index in [1.54, 1.807) is 0 Å². The maximum Gasteiger partial charge on any atom is 0.253 e. The number of halogens is 1. The van der Waals surface area contributed by atoms with E-state index in [-0.39, 0.29) is 19.0 Å². The summed E-state index contributed by atoms with van der Waals surface area (Å²) in [5.41, 5.74) is 0. The van der Waals surface area contributed by atoms with E-state index in [0.29, 0.717) is 6.54 Å². The molecular formula is C7H13ClN2O. The molecule has 0 atom stereocenters. The molecule has 1 rings (SSSR count). The smallest absolute Gasteiger partial charge is 0.253 e. The summed E-state index contributed by atoms with van der Waals surface area (Å²) in [7, 11) is 1.99. The molecule has 0 saturated heterocycles. The first-order valence-electron chi connectivity index (χ1n) is 3.38. The molecule has 0 aromatic carbocycles. The van der Waals surface area contributed by atoms with Gasteiger partial charge in [-0.05, 0) is 0 Å². The molecule has 1 aromatic rings. The Bertz CT molecular complexity index is 222. The Morgan fingerprint density at radius 3 is 2.64 bits per heavy atom. The van der Waals surface area contributed by atoms with Gasteiger partial charge < -0.3 is 17.5 Å². The molecule has 0 bridgehead atoms. The van der Waals surface area contributed by atoms with E-state index in [9.17, 15) is 0 Å². The van der Waals surface area contributed by atoms with Crippen LogP contribution in [0.1, 0.15) is 5.82 Å². The quantitative estimate of drug-likeness (QED) is 0.469. The third-order valence-corrected chi connectivity index (χ3v) is 1.74. The first-order valence-corrected chi connectivity index (χ1v) is 3.38. The van der Waals surface area contributed by atoms with Gasteiger partial charge in [-0.25, -0.2) is 9.13 Å². The lowest BCUT2D eigenvalue weighted by Gasteiger charge is -1.93. The zero-order valence-corrected chi connectivity index (χ0v) is 7.54. The van der Waals surface area contributed by atoms with E-state index < -0.39 is 0 Å². The minimum absolute atomic E-state index is 0. The molecule has 1 heterocycles. The van der Waals surface area contributed by atoms with Crippen molar-refractivity contribution in [1.82, 2.24) is 4.57 Å². The number of aromatic nitrogens is 2. The number of aliphatic hydroxyl groups excluding tert-OH is 1. The van der Waals surface area contributed by atoms with Gasteiger partial charge in [-0.2, -0.15) is 0 Å². The maximum absolute atomic E-state index is 8.62. The summed E-state index contributed by atoms with van der Waals surface area (Å²) in [6.07, 6.45) is 3.94. The lowest BCUT2D eigenvalue weighted by atomic mass is 10.6. The van der Waals surface area contributed by atoms with Crippen LogP contribution in [0.4, 0.5) is 0 Å². The van der Waals surface area contributed by atoms with Crippen molar-refractivity contribution in [2.75, 3.05) is 6.61 Å². The molecule has 0 amide bonds. The van der Waals surface area contributed by atoms with Crippen LogP contribution in [-0.2, 0) is 13.6 Å². The number of rotatable bonds is 2. The molecule has 4 heteroatoms. The lowest BCUT2D eigenvalue weighted by Crippen LogP contribution is -3.00. The van der Waals surface area contributed by atoms with Crippen LogP contribution in [0.25, 0.3) is 0 Å². The maximum atomic E-state index is 8.62. The minimum Gasteiger partial charge on any atom is -1.00 e. The van der Waals surface area contributed by atoms with E-state index in [2.05, 4.69) is 0 Å². The van der Waals surface area contributed by atoms with Gasteiger partial charge in [-0.3, -0.25) is 0 Å². The van der Waals surface area contributed by atoms with Crippen molar-refractivity contribution in [3.05, 3.63) is 18.2 Å². The molecule has 0 aliphatic rings. The fraction of sp³-hybridized carbons (Fsp3) is 0.571. The van der Waals surface area contributed by atoms with Crippen LogP contribution in [0, 0.1) is 6.92 Å². The molecule has 0 unspecified atom stereocenters. The van der Waals surface area contributed by atoms with Gasteiger partial charge in [-0.1, -0.05) is 0 Å². The van der Waals surface area contributed by atoms with E-state index >= 15 is 0 Å². The Balaban J connectivity index is 0.000001000. The summed E-state index contributed by atoms with van der Waals surface area (Å²) in [6, 6.07) is 0. The highest BCUT2D eigenvalue weighted by Crippen LogP contribution is 1.90. The van der Waals surface area contributed by atoms with Gasteiger partial charge >= 0.3 is 0 Å². The highest BCUT2D eigenvalue weighted by molar-refractivity contribution is 4.78. The first kappa shape index (κ1) is 10.5. The van der Waals surface area contributed by atoms with Gasteiger partial charge in [0.25, 0.3) is 5.82 Å². The number of aryl methyl sites for hydroxylation is 1. The molecule has 64 valence electrons. The van der Waals surface area contributed by atoms with Crippen molar-refractivity contribution in [2.45, 2.75) is 13.5 Å². The fourth-order valence-corrected chi connectivity index (χ4v) is 0.943. The van der Waals surface area contributed by atoms with Crippen LogP contribution in [0.3, 0.4) is 0 Å². The molecule has 0 aliphatic heterocycles. The van der Waals surface area contributed by atoms with Gasteiger partial charge in [0.05, 0.1) is 13.7 Å². The van der Waals surface area contributed by atoms with Crippen molar-refractivity contribution in [3.8, 4) is 0 Å². The van der Waals surface area contributed by atoms with Crippen LogP contribution in [-0.4, -0.2) is 16.3 Å². The molecule has 1 N–H and O–H groups in total. The third-order valence-electron chi connectivity index (χ3n) is 1.74. The van der Waals surface area contributed by atoms with Gasteiger partial charge in [0, 0.05) is 6.92 Å². The van der Waals surface area contributed by atoms with Gasteiger partial charge in [0.2, 0.25) is 0 Å². The number of hydrogen-bond acceptors (Lipinski definition) is 1. The van der Waals surface area contributed by atoms with E-state index in [4.69, 9.17) is 5.11 Å². The molecule has 0 aliphatic carbocycles. The monoisotopic (exact) mass is 176 g/mol. The summed E-state index contributed by atoms with van der Waals surface area (Å²) in [6.45, 7) is 2.91. The van der Waals surface area contributed by atoms with E-state index in [0.717, 1.165) is 5.82 Å². The Morgan fingerprint density at radius 1 is 1.64 bits per heavy atom. The van der Waals surface area contributed by atoms with Crippen molar-refractivity contribution in [3.63, 3.8) is 0 Å². The molecule has 11 heavy (non-hydrogen) atoms. The summed E-state index contributed by atoms with van der Waals surface area (Å²) in [5, 5.41) is 8.62. The average Bonchev–Trinajstić information content (AvgIpc) is 2.20. The predicted octanol–water partition coefficient (Wildman–Crippen LogP) is -3.38.